The lowest BCUT2D eigenvalue weighted by atomic mass is 10.3. The Balaban J connectivity index is 2.99. The summed E-state index contributed by atoms with van der Waals surface area (Å²) in [5.41, 5.74) is 5.56. The minimum atomic E-state index is -3.73. The number of anilines is 1. The normalized spacial score (nSPS) is 13.4. The van der Waals surface area contributed by atoms with Crippen molar-refractivity contribution in [3.05, 3.63) is 18.5 Å². The SMILES string of the molecule is CC(C)(C)S(=O)(=O)CCS(=O)(=O)c1ccncc1N. The van der Waals surface area contributed by atoms with Gasteiger partial charge in [-0.3, -0.25) is 4.98 Å². The summed E-state index contributed by atoms with van der Waals surface area (Å²) < 4.78 is 46.9. The van der Waals surface area contributed by atoms with E-state index in [4.69, 9.17) is 5.73 Å². The summed E-state index contributed by atoms with van der Waals surface area (Å²) >= 11 is 0. The van der Waals surface area contributed by atoms with E-state index in [1.165, 1.54) is 39.2 Å². The van der Waals surface area contributed by atoms with Crippen LogP contribution < -0.4 is 5.73 Å². The predicted molar refractivity (Wildman–Crippen MR) is 74.2 cm³/mol. The quantitative estimate of drug-likeness (QED) is 0.875. The first-order valence-corrected chi connectivity index (χ1v) is 8.92. The molecule has 0 unspecified atom stereocenters. The van der Waals surface area contributed by atoms with Gasteiger partial charge in [0.05, 0.1) is 33.0 Å². The van der Waals surface area contributed by atoms with E-state index < -0.39 is 35.9 Å². The number of aromatic nitrogens is 1. The molecule has 0 aromatic carbocycles. The second-order valence-corrected chi connectivity index (χ2v) is 10.1. The van der Waals surface area contributed by atoms with Crippen LogP contribution in [0.4, 0.5) is 5.69 Å². The number of hydrogen-bond donors (Lipinski definition) is 1. The Hall–Kier alpha value is -1.15. The van der Waals surface area contributed by atoms with Crippen molar-refractivity contribution in [3.63, 3.8) is 0 Å². The zero-order chi connectivity index (χ0) is 14.9. The van der Waals surface area contributed by atoms with Crippen molar-refractivity contribution in [1.82, 2.24) is 4.98 Å². The first-order chi connectivity index (χ1) is 8.47. The Bertz CT molecular complexity index is 658. The highest BCUT2D eigenvalue weighted by Gasteiger charge is 2.31. The molecule has 0 spiro atoms. The maximum atomic E-state index is 12.1. The first kappa shape index (κ1) is 15.9. The molecule has 0 aliphatic rings. The van der Waals surface area contributed by atoms with Crippen molar-refractivity contribution in [3.8, 4) is 0 Å². The molecule has 0 radical (unpaired) electrons. The van der Waals surface area contributed by atoms with Crippen LogP contribution in [0.25, 0.3) is 0 Å². The fraction of sp³-hybridized carbons (Fsp3) is 0.545. The van der Waals surface area contributed by atoms with Crippen molar-refractivity contribution in [2.45, 2.75) is 30.4 Å². The zero-order valence-corrected chi connectivity index (χ0v) is 12.8. The molecule has 1 aromatic heterocycles. The Morgan fingerprint density at radius 2 is 1.74 bits per heavy atom. The average molecular weight is 306 g/mol. The van der Waals surface area contributed by atoms with Crippen LogP contribution in [0.2, 0.25) is 0 Å². The maximum absolute atomic E-state index is 12.1. The first-order valence-electron chi connectivity index (χ1n) is 5.62. The van der Waals surface area contributed by atoms with Crippen LogP contribution in [-0.4, -0.2) is 38.1 Å². The molecule has 0 fully saturated rings. The maximum Gasteiger partial charge on any atom is 0.181 e. The number of sulfone groups is 2. The molecule has 8 heteroatoms. The summed E-state index contributed by atoms with van der Waals surface area (Å²) in [6.07, 6.45) is 2.53. The topological polar surface area (TPSA) is 107 Å². The van der Waals surface area contributed by atoms with E-state index in [1.54, 1.807) is 0 Å². The van der Waals surface area contributed by atoms with Crippen LogP contribution in [0.3, 0.4) is 0 Å². The van der Waals surface area contributed by atoms with Crippen molar-refractivity contribution in [2.75, 3.05) is 17.2 Å². The highest BCUT2D eigenvalue weighted by Crippen LogP contribution is 2.21. The van der Waals surface area contributed by atoms with Crippen molar-refractivity contribution < 1.29 is 16.8 Å². The highest BCUT2D eigenvalue weighted by atomic mass is 32.2. The Morgan fingerprint density at radius 1 is 1.16 bits per heavy atom. The second kappa shape index (κ2) is 5.09. The molecule has 19 heavy (non-hydrogen) atoms. The lowest BCUT2D eigenvalue weighted by Crippen LogP contribution is -2.33. The van der Waals surface area contributed by atoms with Crippen molar-refractivity contribution in [1.29, 1.82) is 0 Å². The molecular formula is C11H18N2O4S2. The number of nitrogens with zero attached hydrogens (tertiary/aromatic N) is 1. The molecule has 1 heterocycles. The van der Waals surface area contributed by atoms with Crippen LogP contribution in [0.1, 0.15) is 20.8 Å². The molecule has 2 N–H and O–H groups in total. The van der Waals surface area contributed by atoms with E-state index in [0.29, 0.717) is 0 Å². The molecule has 0 saturated heterocycles. The summed E-state index contributed by atoms with van der Waals surface area (Å²) in [4.78, 5) is 3.62. The van der Waals surface area contributed by atoms with Gasteiger partial charge in [0.1, 0.15) is 0 Å². The minimum absolute atomic E-state index is 0.0238. The molecule has 0 bridgehead atoms. The third kappa shape index (κ3) is 3.66. The van der Waals surface area contributed by atoms with E-state index in [-0.39, 0.29) is 10.6 Å². The van der Waals surface area contributed by atoms with Crippen LogP contribution in [0.5, 0.6) is 0 Å². The Labute approximate surface area is 113 Å². The van der Waals surface area contributed by atoms with Gasteiger partial charge in [-0.25, -0.2) is 16.8 Å². The summed E-state index contributed by atoms with van der Waals surface area (Å²) in [5.74, 6) is -0.915. The van der Waals surface area contributed by atoms with Gasteiger partial charge in [0.2, 0.25) is 0 Å². The number of hydrogen-bond acceptors (Lipinski definition) is 6. The van der Waals surface area contributed by atoms with Crippen molar-refractivity contribution in [2.24, 2.45) is 0 Å². The number of rotatable bonds is 4. The van der Waals surface area contributed by atoms with Gasteiger partial charge in [0.25, 0.3) is 0 Å². The van der Waals surface area contributed by atoms with E-state index in [1.807, 2.05) is 0 Å². The molecule has 108 valence electrons. The average Bonchev–Trinajstić information content (AvgIpc) is 2.25. The van der Waals surface area contributed by atoms with E-state index in [2.05, 4.69) is 4.98 Å². The van der Waals surface area contributed by atoms with Gasteiger partial charge >= 0.3 is 0 Å². The lowest BCUT2D eigenvalue weighted by Gasteiger charge is -2.19. The molecule has 0 aliphatic heterocycles. The van der Waals surface area contributed by atoms with Crippen LogP contribution in [-0.2, 0) is 19.7 Å². The molecule has 0 aliphatic carbocycles. The minimum Gasteiger partial charge on any atom is -0.396 e. The molecule has 0 atom stereocenters. The zero-order valence-electron chi connectivity index (χ0n) is 11.1. The van der Waals surface area contributed by atoms with Gasteiger partial charge < -0.3 is 5.73 Å². The second-order valence-electron chi connectivity index (χ2n) is 5.16. The Kier molecular flexibility index (Phi) is 4.26. The van der Waals surface area contributed by atoms with Gasteiger partial charge in [0, 0.05) is 6.20 Å². The Morgan fingerprint density at radius 3 is 2.21 bits per heavy atom. The van der Waals surface area contributed by atoms with Crippen LogP contribution in [0.15, 0.2) is 23.4 Å². The van der Waals surface area contributed by atoms with Gasteiger partial charge in [-0.05, 0) is 26.8 Å². The number of pyridine rings is 1. The van der Waals surface area contributed by atoms with Crippen LogP contribution in [0, 0.1) is 0 Å². The van der Waals surface area contributed by atoms with Gasteiger partial charge in [-0.1, -0.05) is 0 Å². The molecule has 1 aromatic rings. The third-order valence-electron chi connectivity index (χ3n) is 2.70. The highest BCUT2D eigenvalue weighted by molar-refractivity contribution is 7.95. The van der Waals surface area contributed by atoms with Gasteiger partial charge in [-0.2, -0.15) is 0 Å². The lowest BCUT2D eigenvalue weighted by molar-refractivity contribution is 0.559. The summed E-state index contributed by atoms with van der Waals surface area (Å²) in [6.45, 7) is 4.61. The van der Waals surface area contributed by atoms with E-state index in [9.17, 15) is 16.8 Å². The fourth-order valence-corrected chi connectivity index (χ4v) is 4.58. The number of nitrogen functional groups attached to an aromatic ring is 1. The molecule has 0 amide bonds. The molecule has 6 nitrogen and oxygen atoms in total. The smallest absolute Gasteiger partial charge is 0.181 e. The molecule has 1 rings (SSSR count). The fourth-order valence-electron chi connectivity index (χ4n) is 1.31. The summed E-state index contributed by atoms with van der Waals surface area (Å²) in [6, 6.07) is 1.27. The largest absolute Gasteiger partial charge is 0.396 e. The standard InChI is InChI=1S/C11H18N2O4S2/c1-11(2,3)19(16,17)7-6-18(14,15)10-4-5-13-8-9(10)12/h4-5,8H,6-7,12H2,1-3H3. The molecular weight excluding hydrogens is 288 g/mol. The third-order valence-corrected chi connectivity index (χ3v) is 7.35. The van der Waals surface area contributed by atoms with Gasteiger partial charge in [-0.15, -0.1) is 0 Å². The van der Waals surface area contributed by atoms with Crippen LogP contribution >= 0.6 is 0 Å². The predicted octanol–water partition coefficient (Wildman–Crippen LogP) is 0.651. The van der Waals surface area contributed by atoms with E-state index >= 15 is 0 Å². The summed E-state index contributed by atoms with van der Waals surface area (Å²) in [5, 5.41) is 0. The van der Waals surface area contributed by atoms with E-state index in [0.717, 1.165) is 0 Å². The number of nitrogens with two attached hydrogens (primary N) is 1. The van der Waals surface area contributed by atoms with Crippen molar-refractivity contribution >= 4 is 25.4 Å². The van der Waals surface area contributed by atoms with Gasteiger partial charge in [0.15, 0.2) is 19.7 Å². The monoisotopic (exact) mass is 306 g/mol. The summed E-state index contributed by atoms with van der Waals surface area (Å²) in [7, 11) is -7.22. The molecule has 0 saturated carbocycles.